The van der Waals surface area contributed by atoms with Crippen LogP contribution >= 0.6 is 11.6 Å². The minimum atomic E-state index is -0.180. The summed E-state index contributed by atoms with van der Waals surface area (Å²) in [5.41, 5.74) is 2.78. The van der Waals surface area contributed by atoms with Crippen LogP contribution in [0.25, 0.3) is 0 Å². The first-order valence-corrected chi connectivity index (χ1v) is 9.12. The summed E-state index contributed by atoms with van der Waals surface area (Å²) >= 11 is 5.94. The Morgan fingerprint density at radius 1 is 1.15 bits per heavy atom. The number of para-hydroxylation sites is 2. The number of hydrogen-bond donors (Lipinski definition) is 1. The number of piperazine rings is 1. The highest BCUT2D eigenvalue weighted by Gasteiger charge is 2.17. The van der Waals surface area contributed by atoms with E-state index in [1.165, 1.54) is 0 Å². The van der Waals surface area contributed by atoms with Crippen molar-refractivity contribution in [1.29, 1.82) is 0 Å². The number of benzene rings is 2. The summed E-state index contributed by atoms with van der Waals surface area (Å²) in [5, 5.41) is 3.63. The largest absolute Gasteiger partial charge is 0.483 e. The van der Waals surface area contributed by atoms with E-state index in [-0.39, 0.29) is 12.5 Å². The maximum Gasteiger partial charge on any atom is 0.262 e. The molecule has 0 aromatic heterocycles. The van der Waals surface area contributed by atoms with Crippen molar-refractivity contribution in [2.45, 2.75) is 6.92 Å². The van der Waals surface area contributed by atoms with Gasteiger partial charge in [0.2, 0.25) is 0 Å². The molecule has 0 bridgehead atoms. The molecule has 1 saturated heterocycles. The number of amides is 1. The normalized spacial score (nSPS) is 15.0. The number of rotatable bonds is 5. The van der Waals surface area contributed by atoms with Crippen LogP contribution < -0.4 is 15.0 Å². The molecule has 0 radical (unpaired) electrons. The van der Waals surface area contributed by atoms with Crippen LogP contribution in [0, 0.1) is 6.92 Å². The average molecular weight is 374 g/mol. The molecule has 1 amide bonds. The zero-order valence-electron chi connectivity index (χ0n) is 15.2. The van der Waals surface area contributed by atoms with Crippen molar-refractivity contribution in [3.05, 3.63) is 53.1 Å². The molecule has 2 aromatic carbocycles. The van der Waals surface area contributed by atoms with Crippen LogP contribution in [0.4, 0.5) is 11.4 Å². The summed E-state index contributed by atoms with van der Waals surface area (Å²) in [4.78, 5) is 17.0. The Kier molecular flexibility index (Phi) is 6.01. The second-order valence-corrected chi connectivity index (χ2v) is 6.99. The second kappa shape index (κ2) is 8.43. The first-order valence-electron chi connectivity index (χ1n) is 8.74. The molecule has 0 spiro atoms. The molecule has 0 aliphatic carbocycles. The SMILES string of the molecule is Cc1cc(Cl)ccc1OCC(=O)Nc1ccccc1N1CCN(C)CC1. The Labute approximate surface area is 159 Å². The van der Waals surface area contributed by atoms with Crippen LogP contribution in [0.3, 0.4) is 0 Å². The molecule has 2 aromatic rings. The van der Waals surface area contributed by atoms with Gasteiger partial charge in [-0.25, -0.2) is 0 Å². The quantitative estimate of drug-likeness (QED) is 0.872. The monoisotopic (exact) mass is 373 g/mol. The van der Waals surface area contributed by atoms with Gasteiger partial charge in [-0.15, -0.1) is 0 Å². The summed E-state index contributed by atoms with van der Waals surface area (Å²) in [6.45, 7) is 5.79. The molecule has 1 aliphatic heterocycles. The van der Waals surface area contributed by atoms with Gasteiger partial charge in [0.1, 0.15) is 5.75 Å². The number of hydrogen-bond acceptors (Lipinski definition) is 4. The fraction of sp³-hybridized carbons (Fsp3) is 0.350. The summed E-state index contributed by atoms with van der Waals surface area (Å²) in [6, 6.07) is 13.3. The van der Waals surface area contributed by atoms with Crippen molar-refractivity contribution in [3.8, 4) is 5.75 Å². The van der Waals surface area contributed by atoms with Gasteiger partial charge in [0, 0.05) is 31.2 Å². The molecule has 0 atom stereocenters. The Morgan fingerprint density at radius 3 is 2.62 bits per heavy atom. The van der Waals surface area contributed by atoms with E-state index in [0.717, 1.165) is 43.1 Å². The summed E-state index contributed by atoms with van der Waals surface area (Å²) in [6.07, 6.45) is 0. The molecule has 0 saturated carbocycles. The number of carbonyl (C=O) groups excluding carboxylic acids is 1. The van der Waals surface area contributed by atoms with Crippen molar-refractivity contribution in [3.63, 3.8) is 0 Å². The fourth-order valence-electron chi connectivity index (χ4n) is 3.01. The van der Waals surface area contributed by atoms with E-state index in [2.05, 4.69) is 22.2 Å². The zero-order chi connectivity index (χ0) is 18.5. The minimum absolute atomic E-state index is 0.0421. The third-order valence-corrected chi connectivity index (χ3v) is 4.75. The topological polar surface area (TPSA) is 44.8 Å². The first-order chi connectivity index (χ1) is 12.5. The molecule has 1 aliphatic rings. The molecule has 1 fully saturated rings. The fourth-order valence-corrected chi connectivity index (χ4v) is 3.23. The van der Waals surface area contributed by atoms with Gasteiger partial charge in [-0.05, 0) is 49.9 Å². The van der Waals surface area contributed by atoms with Crippen LogP contribution in [0.2, 0.25) is 5.02 Å². The van der Waals surface area contributed by atoms with Crippen LogP contribution in [0.15, 0.2) is 42.5 Å². The Bertz CT molecular complexity index is 773. The second-order valence-electron chi connectivity index (χ2n) is 6.55. The number of nitrogens with zero attached hydrogens (tertiary/aromatic N) is 2. The van der Waals surface area contributed by atoms with Gasteiger partial charge in [0.25, 0.3) is 5.91 Å². The molecule has 3 rings (SSSR count). The summed E-state index contributed by atoms with van der Waals surface area (Å²) < 4.78 is 5.63. The van der Waals surface area contributed by atoms with Crippen LogP contribution in [-0.4, -0.2) is 50.6 Å². The van der Waals surface area contributed by atoms with Gasteiger partial charge in [0.15, 0.2) is 6.61 Å². The lowest BCUT2D eigenvalue weighted by atomic mass is 10.2. The molecular formula is C20H24ClN3O2. The van der Waals surface area contributed by atoms with Crippen molar-refractivity contribution in [2.75, 3.05) is 50.1 Å². The summed E-state index contributed by atoms with van der Waals surface area (Å²) in [5.74, 6) is 0.484. The van der Waals surface area contributed by atoms with Gasteiger partial charge in [-0.3, -0.25) is 4.79 Å². The highest BCUT2D eigenvalue weighted by molar-refractivity contribution is 6.30. The van der Waals surface area contributed by atoms with E-state index in [4.69, 9.17) is 16.3 Å². The molecule has 5 nitrogen and oxygen atoms in total. The lowest BCUT2D eigenvalue weighted by Crippen LogP contribution is -2.44. The van der Waals surface area contributed by atoms with Crippen molar-refractivity contribution < 1.29 is 9.53 Å². The third-order valence-electron chi connectivity index (χ3n) is 4.52. The van der Waals surface area contributed by atoms with E-state index in [1.807, 2.05) is 37.3 Å². The predicted octanol–water partition coefficient (Wildman–Crippen LogP) is 3.42. The van der Waals surface area contributed by atoms with Gasteiger partial charge in [-0.2, -0.15) is 0 Å². The maximum atomic E-state index is 12.4. The number of aryl methyl sites for hydroxylation is 1. The van der Waals surface area contributed by atoms with Crippen LogP contribution in [-0.2, 0) is 4.79 Å². The predicted molar refractivity (Wildman–Crippen MR) is 106 cm³/mol. The standard InChI is InChI=1S/C20H24ClN3O2/c1-15-13-16(21)7-8-19(15)26-14-20(25)22-17-5-3-4-6-18(17)24-11-9-23(2)10-12-24/h3-8,13H,9-12,14H2,1-2H3,(H,22,25). The van der Waals surface area contributed by atoms with Crippen LogP contribution in [0.1, 0.15) is 5.56 Å². The molecule has 1 heterocycles. The maximum absolute atomic E-state index is 12.4. The molecule has 0 unspecified atom stereocenters. The lowest BCUT2D eigenvalue weighted by Gasteiger charge is -2.35. The lowest BCUT2D eigenvalue weighted by molar-refractivity contribution is -0.118. The van der Waals surface area contributed by atoms with Crippen molar-refractivity contribution >= 4 is 28.9 Å². The number of nitrogens with one attached hydrogen (secondary N) is 1. The molecule has 6 heteroatoms. The Morgan fingerprint density at radius 2 is 1.88 bits per heavy atom. The van der Waals surface area contributed by atoms with E-state index in [0.29, 0.717) is 10.8 Å². The molecular weight excluding hydrogens is 350 g/mol. The minimum Gasteiger partial charge on any atom is -0.483 e. The average Bonchev–Trinajstić information content (AvgIpc) is 2.62. The van der Waals surface area contributed by atoms with Gasteiger partial charge >= 0.3 is 0 Å². The zero-order valence-corrected chi connectivity index (χ0v) is 15.9. The van der Waals surface area contributed by atoms with Gasteiger partial charge in [0.05, 0.1) is 11.4 Å². The number of likely N-dealkylation sites (N-methyl/N-ethyl adjacent to an activating group) is 1. The third kappa shape index (κ3) is 4.68. The number of carbonyl (C=O) groups is 1. The van der Waals surface area contributed by atoms with E-state index >= 15 is 0 Å². The smallest absolute Gasteiger partial charge is 0.262 e. The summed E-state index contributed by atoms with van der Waals surface area (Å²) in [7, 11) is 2.13. The first kappa shape index (κ1) is 18.5. The highest BCUT2D eigenvalue weighted by atomic mass is 35.5. The van der Waals surface area contributed by atoms with Crippen LogP contribution in [0.5, 0.6) is 5.75 Å². The molecule has 138 valence electrons. The number of halogens is 1. The molecule has 1 N–H and O–H groups in total. The van der Waals surface area contributed by atoms with E-state index in [9.17, 15) is 4.79 Å². The van der Waals surface area contributed by atoms with Gasteiger partial charge < -0.3 is 19.9 Å². The Hall–Kier alpha value is -2.24. The molecule has 26 heavy (non-hydrogen) atoms. The van der Waals surface area contributed by atoms with Gasteiger partial charge in [-0.1, -0.05) is 23.7 Å². The van der Waals surface area contributed by atoms with E-state index in [1.54, 1.807) is 12.1 Å². The Balaban J connectivity index is 1.62. The van der Waals surface area contributed by atoms with Crippen molar-refractivity contribution in [1.82, 2.24) is 4.90 Å². The van der Waals surface area contributed by atoms with Crippen molar-refractivity contribution in [2.24, 2.45) is 0 Å². The van der Waals surface area contributed by atoms with E-state index < -0.39 is 0 Å². The number of ether oxygens (including phenoxy) is 1. The number of anilines is 2. The highest BCUT2D eigenvalue weighted by Crippen LogP contribution is 2.27.